The monoisotopic (exact) mass is 301 g/mol. The Hall–Kier alpha value is -1.90. The molecule has 2 N–H and O–H groups in total. The van der Waals surface area contributed by atoms with Crippen LogP contribution >= 0.6 is 11.6 Å². The highest BCUT2D eigenvalue weighted by Gasteiger charge is 2.17. The van der Waals surface area contributed by atoms with Crippen LogP contribution in [0.3, 0.4) is 0 Å². The van der Waals surface area contributed by atoms with Crippen molar-refractivity contribution in [2.24, 2.45) is 0 Å². The van der Waals surface area contributed by atoms with E-state index in [0.29, 0.717) is 0 Å². The van der Waals surface area contributed by atoms with Crippen LogP contribution in [0.1, 0.15) is 10.6 Å². The molecule has 2 heterocycles. The number of hydrogen-bond donors (Lipinski definition) is 2. The summed E-state index contributed by atoms with van der Waals surface area (Å²) in [6, 6.07) is 5.49. The Bertz CT molecular complexity index is 667. The number of furan rings is 1. The number of carbonyl (C=O) groups is 1. The normalized spacial score (nSPS) is 11.2. The molecule has 0 aliphatic carbocycles. The van der Waals surface area contributed by atoms with Crippen molar-refractivity contribution in [3.63, 3.8) is 0 Å². The molecule has 0 radical (unpaired) electrons. The fourth-order valence-electron chi connectivity index (χ4n) is 1.16. The van der Waals surface area contributed by atoms with Crippen molar-refractivity contribution in [2.45, 2.75) is 4.90 Å². The molecule has 0 aliphatic heterocycles. The number of hydrogen-bond acceptors (Lipinski definition) is 5. The lowest BCUT2D eigenvalue weighted by molar-refractivity contribution is 0.0917. The third kappa shape index (κ3) is 3.31. The zero-order valence-electron chi connectivity index (χ0n) is 9.33. The Balaban J connectivity index is 2.06. The number of amides is 1. The van der Waals surface area contributed by atoms with E-state index in [2.05, 4.69) is 4.98 Å². The lowest BCUT2D eigenvalue weighted by Crippen LogP contribution is -2.41. The Morgan fingerprint density at radius 2 is 2.11 bits per heavy atom. The molecule has 0 fully saturated rings. The predicted molar refractivity (Wildman–Crippen MR) is 65.7 cm³/mol. The van der Waals surface area contributed by atoms with Crippen LogP contribution in [0.15, 0.2) is 46.0 Å². The lowest BCUT2D eigenvalue weighted by Gasteiger charge is -2.06. The molecule has 2 aromatic heterocycles. The lowest BCUT2D eigenvalue weighted by atomic mass is 10.4. The van der Waals surface area contributed by atoms with Gasteiger partial charge >= 0.3 is 5.91 Å². The van der Waals surface area contributed by atoms with Gasteiger partial charge < -0.3 is 4.42 Å². The van der Waals surface area contributed by atoms with Crippen molar-refractivity contribution in [3.8, 4) is 0 Å². The summed E-state index contributed by atoms with van der Waals surface area (Å²) in [6.07, 6.45) is 2.37. The first-order valence-electron chi connectivity index (χ1n) is 4.96. The van der Waals surface area contributed by atoms with E-state index in [9.17, 15) is 13.2 Å². The molecule has 9 heteroatoms. The molecule has 19 heavy (non-hydrogen) atoms. The molecular weight excluding hydrogens is 294 g/mol. The fourth-order valence-corrected chi connectivity index (χ4v) is 2.06. The Kier molecular flexibility index (Phi) is 3.84. The highest BCUT2D eigenvalue weighted by atomic mass is 35.5. The van der Waals surface area contributed by atoms with Crippen LogP contribution in [0.2, 0.25) is 5.15 Å². The Morgan fingerprint density at radius 1 is 1.32 bits per heavy atom. The largest absolute Gasteiger partial charge is 0.459 e. The number of nitrogens with zero attached hydrogens (tertiary/aromatic N) is 1. The van der Waals surface area contributed by atoms with Gasteiger partial charge in [-0.2, -0.15) is 0 Å². The number of hydrazine groups is 1. The van der Waals surface area contributed by atoms with Crippen LogP contribution in [-0.2, 0) is 10.0 Å². The van der Waals surface area contributed by atoms with Gasteiger partial charge in [-0.15, -0.1) is 4.83 Å². The molecule has 0 bridgehead atoms. The van der Waals surface area contributed by atoms with Crippen molar-refractivity contribution >= 4 is 27.5 Å². The summed E-state index contributed by atoms with van der Waals surface area (Å²) < 4.78 is 28.4. The van der Waals surface area contributed by atoms with Crippen molar-refractivity contribution in [3.05, 3.63) is 47.6 Å². The number of sulfonamides is 1. The van der Waals surface area contributed by atoms with E-state index in [1.165, 1.54) is 30.5 Å². The minimum Gasteiger partial charge on any atom is -0.459 e. The van der Waals surface area contributed by atoms with Gasteiger partial charge in [0.15, 0.2) is 5.76 Å². The van der Waals surface area contributed by atoms with Gasteiger partial charge in [0, 0.05) is 6.20 Å². The minimum absolute atomic E-state index is 0.0167. The molecule has 2 aromatic rings. The van der Waals surface area contributed by atoms with Crippen molar-refractivity contribution in [2.75, 3.05) is 0 Å². The van der Waals surface area contributed by atoms with Crippen LogP contribution in [0.5, 0.6) is 0 Å². The molecule has 0 aliphatic rings. The summed E-state index contributed by atoms with van der Waals surface area (Å²) in [5.41, 5.74) is 2.01. The molecule has 100 valence electrons. The van der Waals surface area contributed by atoms with E-state index >= 15 is 0 Å². The molecule has 0 aromatic carbocycles. The molecule has 7 nitrogen and oxygen atoms in total. The van der Waals surface area contributed by atoms with Gasteiger partial charge in [0.25, 0.3) is 10.0 Å². The first-order chi connectivity index (χ1) is 8.99. The third-order valence-electron chi connectivity index (χ3n) is 2.05. The summed E-state index contributed by atoms with van der Waals surface area (Å²) in [5.74, 6) is -0.729. The van der Waals surface area contributed by atoms with E-state index in [-0.39, 0.29) is 15.8 Å². The Labute approximate surface area is 113 Å². The quantitative estimate of drug-likeness (QED) is 0.647. The number of halogens is 1. The average molecular weight is 302 g/mol. The highest BCUT2D eigenvalue weighted by Crippen LogP contribution is 2.10. The van der Waals surface area contributed by atoms with Crippen molar-refractivity contribution in [1.82, 2.24) is 15.2 Å². The zero-order valence-corrected chi connectivity index (χ0v) is 10.9. The SMILES string of the molecule is O=C(NNS(=O)(=O)c1ccc(Cl)nc1)c1ccco1. The van der Waals surface area contributed by atoms with E-state index in [1.54, 1.807) is 0 Å². The molecular formula is C10H8ClN3O4S. The number of rotatable bonds is 4. The van der Waals surface area contributed by atoms with Crippen molar-refractivity contribution in [1.29, 1.82) is 0 Å². The second-order valence-corrected chi connectivity index (χ2v) is 5.42. The molecule has 0 atom stereocenters. The number of pyridine rings is 1. The van der Waals surface area contributed by atoms with Crippen LogP contribution in [0, 0.1) is 0 Å². The third-order valence-corrected chi connectivity index (χ3v) is 3.51. The summed E-state index contributed by atoms with van der Waals surface area (Å²) in [4.78, 5) is 16.9. The van der Waals surface area contributed by atoms with Crippen LogP contribution in [-0.4, -0.2) is 19.3 Å². The summed E-state index contributed by atoms with van der Waals surface area (Å²) in [7, 11) is -3.91. The van der Waals surface area contributed by atoms with Gasteiger partial charge in [-0.3, -0.25) is 10.2 Å². The average Bonchev–Trinajstić information content (AvgIpc) is 2.90. The van der Waals surface area contributed by atoms with E-state index < -0.39 is 15.9 Å². The zero-order chi connectivity index (χ0) is 13.9. The number of nitrogens with one attached hydrogen (secondary N) is 2. The highest BCUT2D eigenvalue weighted by molar-refractivity contribution is 7.89. The maximum absolute atomic E-state index is 11.8. The molecule has 0 unspecified atom stereocenters. The van der Waals surface area contributed by atoms with Crippen LogP contribution in [0.4, 0.5) is 0 Å². The topological polar surface area (TPSA) is 101 Å². The molecule has 0 saturated carbocycles. The molecule has 0 saturated heterocycles. The van der Waals surface area contributed by atoms with E-state index in [1.807, 2.05) is 10.3 Å². The second-order valence-electron chi connectivity index (χ2n) is 3.35. The predicted octanol–water partition coefficient (Wildman–Crippen LogP) is 0.951. The van der Waals surface area contributed by atoms with E-state index in [4.69, 9.17) is 16.0 Å². The maximum atomic E-state index is 11.8. The fraction of sp³-hybridized carbons (Fsp3) is 0. The van der Waals surface area contributed by atoms with E-state index in [0.717, 1.165) is 6.20 Å². The van der Waals surface area contributed by atoms with Crippen LogP contribution < -0.4 is 10.3 Å². The second kappa shape index (κ2) is 5.39. The van der Waals surface area contributed by atoms with Crippen molar-refractivity contribution < 1.29 is 17.6 Å². The van der Waals surface area contributed by atoms with Gasteiger partial charge in [0.2, 0.25) is 0 Å². The number of carbonyl (C=O) groups excluding carboxylic acids is 1. The molecule has 1 amide bonds. The minimum atomic E-state index is -3.91. The maximum Gasteiger partial charge on any atom is 0.301 e. The summed E-state index contributed by atoms with van der Waals surface area (Å²) >= 11 is 5.55. The number of aromatic nitrogens is 1. The molecule has 2 rings (SSSR count). The van der Waals surface area contributed by atoms with Gasteiger partial charge in [0.05, 0.1) is 6.26 Å². The summed E-state index contributed by atoms with van der Waals surface area (Å²) in [6.45, 7) is 0. The summed E-state index contributed by atoms with van der Waals surface area (Å²) in [5, 5.41) is 0.165. The van der Waals surface area contributed by atoms with Gasteiger partial charge in [-0.25, -0.2) is 13.4 Å². The first-order valence-corrected chi connectivity index (χ1v) is 6.82. The first kappa shape index (κ1) is 13.5. The standard InChI is InChI=1S/C10H8ClN3O4S/c11-9-4-3-7(6-12-9)19(16,17)14-13-10(15)8-2-1-5-18-8/h1-6,14H,(H,13,15). The van der Waals surface area contributed by atoms with Gasteiger partial charge in [-0.05, 0) is 24.3 Å². The van der Waals surface area contributed by atoms with Crippen LogP contribution in [0.25, 0.3) is 0 Å². The van der Waals surface area contributed by atoms with Gasteiger partial charge in [-0.1, -0.05) is 11.6 Å². The van der Waals surface area contributed by atoms with Gasteiger partial charge in [0.1, 0.15) is 10.0 Å². The molecule has 0 spiro atoms. The smallest absolute Gasteiger partial charge is 0.301 e. The Morgan fingerprint density at radius 3 is 2.68 bits per heavy atom.